The van der Waals surface area contributed by atoms with E-state index in [0.717, 1.165) is 6.42 Å². The van der Waals surface area contributed by atoms with Gasteiger partial charge >= 0.3 is 24.4 Å². The van der Waals surface area contributed by atoms with Crippen LogP contribution in [0.4, 0.5) is 0 Å². The first kappa shape index (κ1) is 21.5. The van der Waals surface area contributed by atoms with Crippen molar-refractivity contribution in [1.82, 2.24) is 5.32 Å². The topological polar surface area (TPSA) is 78.5 Å². The van der Waals surface area contributed by atoms with E-state index in [-0.39, 0.29) is 29.6 Å². The Hall–Kier alpha value is 0.198. The zero-order valence-corrected chi connectivity index (χ0v) is 15.6. The van der Waals surface area contributed by atoms with E-state index >= 15 is 0 Å². The number of hydrogen-bond acceptors (Lipinski definition) is 2. The first-order valence-electron chi connectivity index (χ1n) is 4.88. The summed E-state index contributed by atoms with van der Waals surface area (Å²) in [6.45, 7) is 4.20. The predicted octanol–water partition coefficient (Wildman–Crippen LogP) is 0.992. The van der Waals surface area contributed by atoms with Gasteiger partial charge in [-0.05, 0) is 37.8 Å². The Morgan fingerprint density at radius 1 is 1.31 bits per heavy atom. The van der Waals surface area contributed by atoms with Crippen molar-refractivity contribution in [3.63, 3.8) is 0 Å². The molecule has 1 atom stereocenters. The van der Waals surface area contributed by atoms with E-state index in [1.54, 1.807) is 0 Å². The van der Waals surface area contributed by atoms with Crippen LogP contribution >= 0.6 is 24.4 Å². The number of aliphatic hydroxyl groups excluding tert-OH is 2. The second-order valence-corrected chi connectivity index (χ2v) is 3.99. The van der Waals surface area contributed by atoms with E-state index in [1.807, 2.05) is 6.92 Å². The number of hydrogen-bond donors (Lipinski definition) is 4. The molecule has 0 rings (SSSR count). The van der Waals surface area contributed by atoms with Gasteiger partial charge < -0.3 is 21.3 Å². The third kappa shape index (κ3) is 29.2. The van der Waals surface area contributed by atoms with E-state index in [4.69, 9.17) is 10.2 Å². The van der Waals surface area contributed by atoms with Crippen molar-refractivity contribution in [1.29, 1.82) is 0 Å². The number of nitrogens with one attached hydrogen (secondary N) is 1. The van der Waals surface area contributed by atoms with Crippen LogP contribution in [0.15, 0.2) is 0 Å². The molecule has 0 aliphatic heterocycles. The summed E-state index contributed by atoms with van der Waals surface area (Å²) < 4.78 is 0. The molecule has 0 amide bonds. The number of unbranched alkanes of at least 4 members (excludes halogenated alkanes) is 2. The standard InChI is InChI=1S/C8H17NOS.CH3NOS.Sb.3H/c1-3-4-5-6-7(2)9-8(10)11;2-1(3)4;;;;/h7H,3-6H2,1-2H3,(H2,9,10,11);(H3,2,3,4);;;;. The maximum atomic E-state index is 8.70. The Bertz CT molecular complexity index is 190. The molecule has 0 spiro atoms. The molecule has 16 heavy (non-hydrogen) atoms. The van der Waals surface area contributed by atoms with Crippen LogP contribution in [-0.2, 0) is 0 Å². The SMILES string of the molecule is CCCCCC(C)NC(O)=S.NC(O)=S.[SbH3]. The zero-order chi connectivity index (χ0) is 12.3. The number of thiocarbonyl (C=S) groups is 2. The average molecular weight is 377 g/mol. The fraction of sp³-hybridized carbons (Fsp3) is 0.778. The summed E-state index contributed by atoms with van der Waals surface area (Å²) in [4.78, 5) is 0. The van der Waals surface area contributed by atoms with E-state index in [0.29, 0.717) is 6.04 Å². The molecular formula is C9H23N2O2S2Sb. The third-order valence-electron chi connectivity index (χ3n) is 1.61. The minimum atomic E-state index is -0.500. The number of rotatable bonds is 5. The van der Waals surface area contributed by atoms with Crippen molar-refractivity contribution in [3.8, 4) is 0 Å². The molecule has 5 N–H and O–H groups in total. The summed E-state index contributed by atoms with van der Waals surface area (Å²) in [7, 11) is 0. The Morgan fingerprint density at radius 3 is 2.06 bits per heavy atom. The molecule has 0 bridgehead atoms. The first-order valence-corrected chi connectivity index (χ1v) is 5.69. The van der Waals surface area contributed by atoms with Gasteiger partial charge in [0.15, 0.2) is 0 Å². The van der Waals surface area contributed by atoms with Crippen LogP contribution < -0.4 is 11.1 Å². The van der Waals surface area contributed by atoms with E-state index < -0.39 is 5.17 Å². The Balaban J connectivity index is -0.000000292. The second kappa shape index (κ2) is 15.2. The summed E-state index contributed by atoms with van der Waals surface area (Å²) in [5.74, 6) is 0. The molecule has 98 valence electrons. The molecule has 0 saturated heterocycles. The molecule has 0 aliphatic rings. The summed E-state index contributed by atoms with van der Waals surface area (Å²) in [6, 6.07) is 0.305. The van der Waals surface area contributed by atoms with Crippen LogP contribution in [0.3, 0.4) is 0 Å². The zero-order valence-electron chi connectivity index (χ0n) is 9.90. The van der Waals surface area contributed by atoms with Gasteiger partial charge in [0, 0.05) is 6.04 Å². The summed E-state index contributed by atoms with van der Waals surface area (Å²) >= 11 is 8.37. The van der Waals surface area contributed by atoms with Gasteiger partial charge in [-0.2, -0.15) is 0 Å². The van der Waals surface area contributed by atoms with Crippen molar-refractivity contribution < 1.29 is 10.2 Å². The molecule has 4 nitrogen and oxygen atoms in total. The molecule has 0 aromatic carbocycles. The monoisotopic (exact) mass is 376 g/mol. The fourth-order valence-electron chi connectivity index (χ4n) is 0.983. The molecule has 7 heteroatoms. The van der Waals surface area contributed by atoms with Crippen LogP contribution in [-0.4, -0.2) is 51.0 Å². The van der Waals surface area contributed by atoms with Crippen molar-refractivity contribution in [3.05, 3.63) is 0 Å². The van der Waals surface area contributed by atoms with Crippen molar-refractivity contribution in [2.75, 3.05) is 0 Å². The Morgan fingerprint density at radius 2 is 1.75 bits per heavy atom. The number of aliphatic hydroxyl groups is 2. The van der Waals surface area contributed by atoms with Gasteiger partial charge in [0.25, 0.3) is 10.3 Å². The van der Waals surface area contributed by atoms with Crippen LogP contribution in [0.2, 0.25) is 0 Å². The quantitative estimate of drug-likeness (QED) is 0.325. The van der Waals surface area contributed by atoms with Crippen molar-refractivity contribution in [2.45, 2.75) is 45.6 Å². The molecule has 0 aromatic heterocycles. The predicted molar refractivity (Wildman–Crippen MR) is 81.3 cm³/mol. The van der Waals surface area contributed by atoms with Crippen molar-refractivity contribution in [2.24, 2.45) is 5.73 Å². The van der Waals surface area contributed by atoms with Crippen molar-refractivity contribution >= 4 is 59.2 Å². The van der Waals surface area contributed by atoms with Crippen LogP contribution in [0.25, 0.3) is 0 Å². The van der Waals surface area contributed by atoms with Gasteiger partial charge in [-0.15, -0.1) is 0 Å². The Kier molecular flexibility index (Phi) is 20.4. The Labute approximate surface area is 125 Å². The molecule has 0 aromatic rings. The van der Waals surface area contributed by atoms with Gasteiger partial charge in [0.1, 0.15) is 0 Å². The molecule has 1 unspecified atom stereocenters. The van der Waals surface area contributed by atoms with E-state index in [1.165, 1.54) is 19.3 Å². The average Bonchev–Trinajstić information content (AvgIpc) is 2.02. The molecule has 0 fully saturated rings. The molecule has 0 heterocycles. The van der Waals surface area contributed by atoms with Gasteiger partial charge in [0.2, 0.25) is 0 Å². The first-order chi connectivity index (χ1) is 6.90. The number of nitrogens with two attached hydrogens (primary N) is 1. The van der Waals surface area contributed by atoms with Gasteiger partial charge in [-0.25, -0.2) is 0 Å². The van der Waals surface area contributed by atoms with Crippen LogP contribution in [0.5, 0.6) is 0 Å². The van der Waals surface area contributed by atoms with Gasteiger partial charge in [-0.1, -0.05) is 26.2 Å². The third-order valence-corrected chi connectivity index (χ3v) is 1.73. The van der Waals surface area contributed by atoms with E-state index in [2.05, 4.69) is 42.4 Å². The summed E-state index contributed by atoms with van der Waals surface area (Å²) in [5.41, 5.74) is 4.40. The summed E-state index contributed by atoms with van der Waals surface area (Å²) in [5, 5.41) is 18.5. The van der Waals surface area contributed by atoms with Crippen LogP contribution in [0.1, 0.15) is 39.5 Å². The molecular weight excluding hydrogens is 354 g/mol. The maximum absolute atomic E-state index is 8.70. The van der Waals surface area contributed by atoms with Gasteiger partial charge in [0.05, 0.1) is 0 Å². The van der Waals surface area contributed by atoms with Crippen LogP contribution in [0, 0.1) is 0 Å². The van der Waals surface area contributed by atoms with E-state index in [9.17, 15) is 0 Å². The fourth-order valence-corrected chi connectivity index (χ4v) is 1.18. The molecule has 0 aliphatic carbocycles. The minimum absolute atomic E-state index is 0. The summed E-state index contributed by atoms with van der Waals surface area (Å²) in [6.07, 6.45) is 4.77. The molecule has 0 radical (unpaired) electrons. The second-order valence-electron chi connectivity index (χ2n) is 3.18. The van der Waals surface area contributed by atoms with Gasteiger partial charge in [-0.3, -0.25) is 0 Å². The molecule has 0 saturated carbocycles. The normalized spacial score (nSPS) is 10.1.